The molecule has 0 aliphatic carbocycles. The molecule has 0 unspecified atom stereocenters. The number of rotatable bonds is 2. The van der Waals surface area contributed by atoms with Gasteiger partial charge >= 0.3 is 0 Å². The molecule has 0 aliphatic rings. The van der Waals surface area contributed by atoms with E-state index in [0.29, 0.717) is 17.4 Å². The molecular weight excluding hydrogens is 332 g/mol. The zero-order chi connectivity index (χ0) is 21.1. The van der Waals surface area contributed by atoms with Crippen LogP contribution in [0, 0.1) is 20.4 Å². The van der Waals surface area contributed by atoms with Crippen LogP contribution in [-0.2, 0) is 7.05 Å². The molecule has 27 heavy (non-hydrogen) atoms. The van der Waals surface area contributed by atoms with Gasteiger partial charge in [-0.2, -0.15) is 0 Å². The first-order valence-corrected chi connectivity index (χ1v) is 8.98. The van der Waals surface area contributed by atoms with Crippen LogP contribution in [0.25, 0.3) is 38.0 Å². The van der Waals surface area contributed by atoms with Crippen LogP contribution in [0.5, 0.6) is 0 Å². The molecule has 4 aromatic rings. The number of nitrogens with zero attached hydrogens (tertiary/aromatic N) is 2. The molecule has 0 aliphatic heterocycles. The van der Waals surface area contributed by atoms with Crippen LogP contribution in [0.15, 0.2) is 47.0 Å². The first-order valence-electron chi connectivity index (χ1n) is 9.98. The molecule has 0 spiro atoms. The third kappa shape index (κ3) is 2.69. The van der Waals surface area contributed by atoms with Gasteiger partial charge in [-0.05, 0) is 49.1 Å². The van der Waals surface area contributed by atoms with E-state index in [9.17, 15) is 0 Å². The van der Waals surface area contributed by atoms with Gasteiger partial charge in [0, 0.05) is 23.8 Å². The predicted octanol–water partition coefficient (Wildman–Crippen LogP) is 6.37. The molecule has 0 saturated heterocycles. The second-order valence-electron chi connectivity index (χ2n) is 7.29. The second kappa shape index (κ2) is 6.25. The average Bonchev–Trinajstić information content (AvgIpc) is 3.02. The van der Waals surface area contributed by atoms with E-state index >= 15 is 0 Å². The fourth-order valence-corrected chi connectivity index (χ4v) is 3.77. The van der Waals surface area contributed by atoms with Crippen LogP contribution in [0.3, 0.4) is 0 Å². The second-order valence-corrected chi connectivity index (χ2v) is 7.29. The fourth-order valence-electron chi connectivity index (χ4n) is 3.77. The number of aryl methyl sites for hydroxylation is 2. The Morgan fingerprint density at radius 2 is 1.93 bits per heavy atom. The van der Waals surface area contributed by atoms with Gasteiger partial charge in [0.1, 0.15) is 19.6 Å². The van der Waals surface area contributed by atoms with Gasteiger partial charge in [-0.3, -0.25) is 0 Å². The Morgan fingerprint density at radius 1 is 1.15 bits per heavy atom. The minimum atomic E-state index is -0.847. The Hall–Kier alpha value is -3.12. The normalized spacial score (nSPS) is 12.9. The highest BCUT2D eigenvalue weighted by Crippen LogP contribution is 2.40. The zero-order valence-corrected chi connectivity index (χ0v) is 16.3. The molecule has 3 nitrogen and oxygen atoms in total. The molecule has 2 aromatic heterocycles. The van der Waals surface area contributed by atoms with Crippen molar-refractivity contribution < 1.29 is 11.7 Å². The Kier molecular flexibility index (Phi) is 3.47. The Labute approximate surface area is 162 Å². The minimum Gasteiger partial charge on any atom is -0.455 e. The van der Waals surface area contributed by atoms with Crippen LogP contribution in [0.4, 0.5) is 5.69 Å². The highest BCUT2D eigenvalue weighted by Gasteiger charge is 2.22. The molecule has 0 N–H and O–H groups in total. The molecule has 4 rings (SSSR count). The van der Waals surface area contributed by atoms with E-state index in [2.05, 4.69) is 17.8 Å². The van der Waals surface area contributed by atoms with E-state index in [1.165, 1.54) is 0 Å². The van der Waals surface area contributed by atoms with E-state index in [-0.39, 0.29) is 0 Å². The number of hydrogen-bond donors (Lipinski definition) is 0. The summed E-state index contributed by atoms with van der Waals surface area (Å²) in [6.07, 6.45) is 0.321. The molecule has 2 aromatic carbocycles. The van der Waals surface area contributed by atoms with Crippen molar-refractivity contribution in [1.29, 1.82) is 0 Å². The van der Waals surface area contributed by atoms with Crippen LogP contribution >= 0.6 is 0 Å². The average molecular weight is 357 g/mol. The van der Waals surface area contributed by atoms with Crippen molar-refractivity contribution in [2.75, 3.05) is 0 Å². The van der Waals surface area contributed by atoms with Crippen LogP contribution in [0.2, 0.25) is 0 Å². The van der Waals surface area contributed by atoms with Crippen molar-refractivity contribution in [3.05, 3.63) is 70.7 Å². The van der Waals surface area contributed by atoms with Gasteiger partial charge in [0.25, 0.3) is 0 Å². The van der Waals surface area contributed by atoms with Crippen molar-refractivity contribution >= 4 is 27.6 Å². The lowest BCUT2D eigenvalue weighted by Crippen LogP contribution is -2.31. The van der Waals surface area contributed by atoms with E-state index < -0.39 is 5.89 Å². The van der Waals surface area contributed by atoms with Crippen molar-refractivity contribution in [3.8, 4) is 11.3 Å². The van der Waals surface area contributed by atoms with Crippen LogP contribution in [-0.4, -0.2) is 0 Å². The molecule has 2 heterocycles. The number of furan rings is 1. The molecule has 0 radical (unpaired) electrons. The number of fused-ring (bicyclic) bond motifs is 3. The summed E-state index contributed by atoms with van der Waals surface area (Å²) >= 11 is 0. The molecule has 134 valence electrons. The maximum absolute atomic E-state index is 8.60. The van der Waals surface area contributed by atoms with Crippen molar-refractivity contribution in [1.82, 2.24) is 0 Å². The van der Waals surface area contributed by atoms with E-state index in [4.69, 9.17) is 13.7 Å². The summed E-state index contributed by atoms with van der Waals surface area (Å²) in [7, 11) is 1.86. The lowest BCUT2D eigenvalue weighted by molar-refractivity contribution is -0.660. The SMILES string of the molecule is [2H]c1c(C([2H])(C)C)ccc(-c2c(C)cc(C)c3c2oc2ccc([N+]#[C-])cc23)[n+]1C. The highest BCUT2D eigenvalue weighted by atomic mass is 16.3. The largest absolute Gasteiger partial charge is 0.455 e. The maximum Gasteiger partial charge on any atom is 0.216 e. The van der Waals surface area contributed by atoms with Gasteiger partial charge in [-0.25, -0.2) is 9.41 Å². The fraction of sp³-hybridized carbons (Fsp3) is 0.250. The lowest BCUT2D eigenvalue weighted by Gasteiger charge is -2.10. The van der Waals surface area contributed by atoms with Gasteiger partial charge in [0.05, 0.1) is 12.1 Å². The van der Waals surface area contributed by atoms with E-state index in [0.717, 1.165) is 44.3 Å². The Bertz CT molecular complexity index is 1340. The number of aromatic nitrogens is 1. The van der Waals surface area contributed by atoms with Crippen LogP contribution in [0.1, 0.15) is 39.2 Å². The molecule has 0 fully saturated rings. The minimum absolute atomic E-state index is 0.321. The van der Waals surface area contributed by atoms with E-state index in [1.807, 2.05) is 42.8 Å². The number of benzene rings is 2. The first-order chi connectivity index (χ1) is 13.6. The van der Waals surface area contributed by atoms with Crippen molar-refractivity contribution in [3.63, 3.8) is 0 Å². The summed E-state index contributed by atoms with van der Waals surface area (Å²) < 4.78 is 25.0. The standard InChI is InChI=1S/C24H23N2O/c1-14(2)17-7-9-20(26(6)13-17)23-16(4)11-15(3)22-19-12-18(25-5)8-10-21(19)27-24(22)23/h7-14H,1-4,6H3/q+1/i13D,14D. The summed E-state index contributed by atoms with van der Waals surface area (Å²) in [6.45, 7) is 15.0. The summed E-state index contributed by atoms with van der Waals surface area (Å²) in [5, 5.41) is 1.94. The van der Waals surface area contributed by atoms with Gasteiger partial charge < -0.3 is 4.42 Å². The molecular formula is C24H23N2O+. The van der Waals surface area contributed by atoms with Crippen molar-refractivity contribution in [2.24, 2.45) is 7.05 Å². The monoisotopic (exact) mass is 357 g/mol. The van der Waals surface area contributed by atoms with Gasteiger partial charge in [-0.1, -0.05) is 26.0 Å². The van der Waals surface area contributed by atoms with Crippen molar-refractivity contribution in [2.45, 2.75) is 33.6 Å². The summed E-state index contributed by atoms with van der Waals surface area (Å²) in [5.74, 6) is -0.847. The molecule has 0 atom stereocenters. The number of hydrogen-bond acceptors (Lipinski definition) is 1. The van der Waals surface area contributed by atoms with Gasteiger partial charge in [0.15, 0.2) is 11.9 Å². The van der Waals surface area contributed by atoms with Crippen LogP contribution < -0.4 is 4.57 Å². The first kappa shape index (κ1) is 15.0. The molecule has 3 heteroatoms. The third-order valence-corrected chi connectivity index (χ3v) is 5.10. The summed E-state index contributed by atoms with van der Waals surface area (Å²) in [5.41, 5.74) is 6.75. The molecule has 0 saturated carbocycles. The maximum atomic E-state index is 8.60. The molecule has 0 amide bonds. The quantitative estimate of drug-likeness (QED) is 0.302. The Morgan fingerprint density at radius 3 is 2.63 bits per heavy atom. The lowest BCUT2D eigenvalue weighted by atomic mass is 9.96. The highest BCUT2D eigenvalue weighted by molar-refractivity contribution is 6.12. The van der Waals surface area contributed by atoms with Gasteiger partial charge in [-0.15, -0.1) is 0 Å². The smallest absolute Gasteiger partial charge is 0.216 e. The van der Waals surface area contributed by atoms with Gasteiger partial charge in [0.2, 0.25) is 5.69 Å². The summed E-state index contributed by atoms with van der Waals surface area (Å²) in [6, 6.07) is 11.5. The van der Waals surface area contributed by atoms with E-state index in [1.54, 1.807) is 19.9 Å². The Balaban J connectivity index is 2.10. The zero-order valence-electron chi connectivity index (χ0n) is 18.3. The summed E-state index contributed by atoms with van der Waals surface area (Å²) in [4.78, 5) is 3.55. The number of pyridine rings is 1. The topological polar surface area (TPSA) is 21.4 Å². The third-order valence-electron chi connectivity index (χ3n) is 5.10. The predicted molar refractivity (Wildman–Crippen MR) is 110 cm³/mol. The molecule has 0 bridgehead atoms.